The van der Waals surface area contributed by atoms with E-state index < -0.39 is 0 Å². The number of unbranched alkanes of at least 4 members (excludes halogenated alkanes) is 1. The van der Waals surface area contributed by atoms with Gasteiger partial charge < -0.3 is 20.1 Å². The quantitative estimate of drug-likeness (QED) is 0.219. The van der Waals surface area contributed by atoms with E-state index >= 15 is 0 Å². The first-order chi connectivity index (χ1) is 9.35. The van der Waals surface area contributed by atoms with Gasteiger partial charge in [-0.2, -0.15) is 11.8 Å². The Balaban J connectivity index is 0. The van der Waals surface area contributed by atoms with Crippen molar-refractivity contribution in [3.8, 4) is 0 Å². The van der Waals surface area contributed by atoms with Crippen LogP contribution in [0.25, 0.3) is 0 Å². The Morgan fingerprint density at radius 2 is 1.75 bits per heavy atom. The van der Waals surface area contributed by atoms with Crippen LogP contribution in [0.1, 0.15) is 19.3 Å². The standard InChI is InChI=1S/C13H29N3O2S.HI/c1-14-13(15-7-4-5-12-19-3)16-8-6-9-18-11-10-17-2;/h4-12H2,1-3H3,(H2,14,15,16);1H. The van der Waals surface area contributed by atoms with E-state index in [0.29, 0.717) is 13.2 Å². The second-order valence-electron chi connectivity index (χ2n) is 4.08. The Morgan fingerprint density at radius 3 is 2.35 bits per heavy atom. The number of nitrogens with one attached hydrogen (secondary N) is 2. The molecule has 0 aliphatic heterocycles. The van der Waals surface area contributed by atoms with Crippen LogP contribution < -0.4 is 10.6 Å². The Bertz CT molecular complexity index is 222. The fourth-order valence-corrected chi connectivity index (χ4v) is 1.92. The molecule has 0 unspecified atom stereocenters. The summed E-state index contributed by atoms with van der Waals surface area (Å²) >= 11 is 1.89. The minimum atomic E-state index is 0. The summed E-state index contributed by atoms with van der Waals surface area (Å²) in [6.45, 7) is 3.93. The van der Waals surface area contributed by atoms with Gasteiger partial charge in [0.05, 0.1) is 13.2 Å². The molecule has 0 bridgehead atoms. The fraction of sp³-hybridized carbons (Fsp3) is 0.923. The van der Waals surface area contributed by atoms with Gasteiger partial charge in [0.2, 0.25) is 0 Å². The molecule has 2 N–H and O–H groups in total. The molecular weight excluding hydrogens is 389 g/mol. The van der Waals surface area contributed by atoms with Crippen LogP contribution in [0, 0.1) is 0 Å². The lowest BCUT2D eigenvalue weighted by molar-refractivity contribution is 0.0698. The summed E-state index contributed by atoms with van der Waals surface area (Å²) < 4.78 is 10.3. The summed E-state index contributed by atoms with van der Waals surface area (Å²) in [5, 5.41) is 6.58. The number of thioether (sulfide) groups is 1. The first-order valence-electron chi connectivity index (χ1n) is 6.85. The van der Waals surface area contributed by atoms with Crippen molar-refractivity contribution in [1.29, 1.82) is 0 Å². The number of ether oxygens (including phenoxy) is 2. The molecule has 7 heteroatoms. The molecule has 0 rings (SSSR count). The molecule has 20 heavy (non-hydrogen) atoms. The predicted molar refractivity (Wildman–Crippen MR) is 99.7 cm³/mol. The number of rotatable bonds is 12. The van der Waals surface area contributed by atoms with Crippen LogP contribution in [-0.2, 0) is 9.47 Å². The SMILES string of the molecule is CN=C(NCCCCSC)NCCCOCCOC.I. The van der Waals surface area contributed by atoms with Crippen LogP contribution in [-0.4, -0.2) is 65.0 Å². The largest absolute Gasteiger partial charge is 0.382 e. The van der Waals surface area contributed by atoms with Gasteiger partial charge in [0, 0.05) is 33.9 Å². The van der Waals surface area contributed by atoms with E-state index in [9.17, 15) is 0 Å². The molecule has 0 saturated carbocycles. The molecule has 0 spiro atoms. The monoisotopic (exact) mass is 419 g/mol. The second kappa shape index (κ2) is 19.3. The summed E-state index contributed by atoms with van der Waals surface area (Å²) in [7, 11) is 3.48. The highest BCUT2D eigenvalue weighted by atomic mass is 127. The van der Waals surface area contributed by atoms with Gasteiger partial charge in [-0.3, -0.25) is 4.99 Å². The smallest absolute Gasteiger partial charge is 0.190 e. The second-order valence-corrected chi connectivity index (χ2v) is 5.07. The predicted octanol–water partition coefficient (Wildman–Crippen LogP) is 1.97. The maximum Gasteiger partial charge on any atom is 0.190 e. The summed E-state index contributed by atoms with van der Waals surface area (Å²) in [4.78, 5) is 4.18. The van der Waals surface area contributed by atoms with Crippen LogP contribution >= 0.6 is 35.7 Å². The summed E-state index contributed by atoms with van der Waals surface area (Å²) in [6.07, 6.45) is 5.54. The lowest BCUT2D eigenvalue weighted by Crippen LogP contribution is -2.38. The Labute approximate surface area is 145 Å². The van der Waals surface area contributed by atoms with Gasteiger partial charge in [0.15, 0.2) is 5.96 Å². The van der Waals surface area contributed by atoms with E-state index in [1.807, 2.05) is 11.8 Å². The topological polar surface area (TPSA) is 54.9 Å². The Hall–Kier alpha value is 0.270. The third-order valence-corrected chi connectivity index (χ3v) is 3.18. The van der Waals surface area contributed by atoms with Crippen molar-refractivity contribution in [2.24, 2.45) is 4.99 Å². The van der Waals surface area contributed by atoms with Gasteiger partial charge in [-0.1, -0.05) is 0 Å². The van der Waals surface area contributed by atoms with E-state index in [-0.39, 0.29) is 24.0 Å². The third-order valence-electron chi connectivity index (χ3n) is 2.48. The Kier molecular flexibility index (Phi) is 21.7. The number of nitrogens with zero attached hydrogens (tertiary/aromatic N) is 1. The molecule has 5 nitrogen and oxygen atoms in total. The van der Waals surface area contributed by atoms with Crippen molar-refractivity contribution in [3.05, 3.63) is 0 Å². The lowest BCUT2D eigenvalue weighted by Gasteiger charge is -2.11. The maximum absolute atomic E-state index is 5.39. The molecular formula is C13H30IN3O2S. The molecule has 0 fully saturated rings. The number of hydrogen-bond acceptors (Lipinski definition) is 4. The maximum atomic E-state index is 5.39. The molecule has 122 valence electrons. The van der Waals surface area contributed by atoms with E-state index in [0.717, 1.165) is 32.1 Å². The van der Waals surface area contributed by atoms with Gasteiger partial charge in [-0.25, -0.2) is 0 Å². The van der Waals surface area contributed by atoms with Gasteiger partial charge in [0.1, 0.15) is 0 Å². The van der Waals surface area contributed by atoms with Crippen molar-refractivity contribution in [1.82, 2.24) is 10.6 Å². The zero-order chi connectivity index (χ0) is 14.2. The minimum absolute atomic E-state index is 0. The average Bonchev–Trinajstić information content (AvgIpc) is 2.44. The zero-order valence-corrected chi connectivity index (χ0v) is 16.1. The summed E-state index contributed by atoms with van der Waals surface area (Å²) in [5.41, 5.74) is 0. The lowest BCUT2D eigenvalue weighted by atomic mass is 10.3. The van der Waals surface area contributed by atoms with E-state index in [4.69, 9.17) is 9.47 Å². The number of halogens is 1. The van der Waals surface area contributed by atoms with Crippen molar-refractivity contribution in [3.63, 3.8) is 0 Å². The van der Waals surface area contributed by atoms with Crippen molar-refractivity contribution >= 4 is 41.7 Å². The molecule has 0 aliphatic carbocycles. The molecule has 0 heterocycles. The minimum Gasteiger partial charge on any atom is -0.382 e. The van der Waals surface area contributed by atoms with Crippen LogP contribution in [0.3, 0.4) is 0 Å². The van der Waals surface area contributed by atoms with Crippen molar-refractivity contribution < 1.29 is 9.47 Å². The van der Waals surface area contributed by atoms with Gasteiger partial charge in [-0.05, 0) is 31.3 Å². The summed E-state index contributed by atoms with van der Waals surface area (Å²) in [6, 6.07) is 0. The van der Waals surface area contributed by atoms with Crippen LogP contribution in [0.4, 0.5) is 0 Å². The van der Waals surface area contributed by atoms with Gasteiger partial charge in [-0.15, -0.1) is 24.0 Å². The normalized spacial score (nSPS) is 11.1. The highest BCUT2D eigenvalue weighted by molar-refractivity contribution is 14.0. The summed E-state index contributed by atoms with van der Waals surface area (Å²) in [5.74, 6) is 2.10. The van der Waals surface area contributed by atoms with Gasteiger partial charge >= 0.3 is 0 Å². The molecule has 0 atom stereocenters. The number of hydrogen-bond donors (Lipinski definition) is 2. The van der Waals surface area contributed by atoms with Gasteiger partial charge in [0.25, 0.3) is 0 Å². The van der Waals surface area contributed by atoms with E-state index in [1.165, 1.54) is 18.6 Å². The third kappa shape index (κ3) is 16.3. The number of guanidine groups is 1. The molecule has 0 radical (unpaired) electrons. The van der Waals surface area contributed by atoms with Crippen molar-refractivity contribution in [2.45, 2.75) is 19.3 Å². The fourth-order valence-electron chi connectivity index (χ4n) is 1.42. The molecule has 0 aliphatic rings. The molecule has 0 aromatic heterocycles. The number of methoxy groups -OCH3 is 1. The Morgan fingerprint density at radius 1 is 1.05 bits per heavy atom. The molecule has 0 saturated heterocycles. The highest BCUT2D eigenvalue weighted by Gasteiger charge is 1.96. The van der Waals surface area contributed by atoms with E-state index in [2.05, 4.69) is 21.9 Å². The zero-order valence-electron chi connectivity index (χ0n) is 12.9. The molecule has 0 aromatic rings. The van der Waals surface area contributed by atoms with E-state index in [1.54, 1.807) is 14.2 Å². The first kappa shape index (κ1) is 22.5. The van der Waals surface area contributed by atoms with Crippen molar-refractivity contribution in [2.75, 3.05) is 59.1 Å². The molecule has 0 amide bonds. The molecule has 0 aromatic carbocycles. The van der Waals surface area contributed by atoms with Crippen LogP contribution in [0.2, 0.25) is 0 Å². The average molecular weight is 419 g/mol. The highest BCUT2D eigenvalue weighted by Crippen LogP contribution is 1.97. The number of aliphatic imine (C=N–C) groups is 1. The van der Waals surface area contributed by atoms with Crippen LogP contribution in [0.15, 0.2) is 4.99 Å². The van der Waals surface area contributed by atoms with Crippen LogP contribution in [0.5, 0.6) is 0 Å². The first-order valence-corrected chi connectivity index (χ1v) is 8.24.